The fourth-order valence-corrected chi connectivity index (χ4v) is 4.21. The zero-order valence-electron chi connectivity index (χ0n) is 10.1. The molecule has 2 saturated carbocycles. The minimum absolute atomic E-state index is 0.920. The second kappa shape index (κ2) is 4.02. The standard InChI is InChI=1S/C13H20N2S/c1-8-9(2)16-13(15-8)14-7-12-6-10-3-4-11(12)5-10/h10-12H,3-7H2,1-2H3,(H,14,15). The molecule has 1 aromatic rings. The highest BCUT2D eigenvalue weighted by molar-refractivity contribution is 7.15. The first-order valence-corrected chi connectivity index (χ1v) is 7.22. The van der Waals surface area contributed by atoms with Crippen LogP contribution >= 0.6 is 11.3 Å². The first-order chi connectivity index (χ1) is 7.72. The molecule has 0 radical (unpaired) electrons. The Labute approximate surface area is 101 Å². The van der Waals surface area contributed by atoms with Crippen LogP contribution < -0.4 is 5.32 Å². The minimum atomic E-state index is 0.920. The number of nitrogens with zero attached hydrogens (tertiary/aromatic N) is 1. The Morgan fingerprint density at radius 2 is 2.19 bits per heavy atom. The first-order valence-electron chi connectivity index (χ1n) is 6.40. The van der Waals surface area contributed by atoms with Crippen LogP contribution in [-0.2, 0) is 0 Å². The predicted octanol–water partition coefficient (Wildman–Crippen LogP) is 3.61. The smallest absolute Gasteiger partial charge is 0.183 e. The van der Waals surface area contributed by atoms with Crippen molar-refractivity contribution in [3.05, 3.63) is 10.6 Å². The van der Waals surface area contributed by atoms with E-state index in [1.807, 2.05) is 0 Å². The van der Waals surface area contributed by atoms with Crippen molar-refractivity contribution in [1.29, 1.82) is 0 Å². The third-order valence-corrected chi connectivity index (χ3v) is 5.46. The largest absolute Gasteiger partial charge is 0.361 e. The van der Waals surface area contributed by atoms with Crippen molar-refractivity contribution in [3.63, 3.8) is 0 Å². The maximum Gasteiger partial charge on any atom is 0.183 e. The molecule has 0 saturated heterocycles. The summed E-state index contributed by atoms with van der Waals surface area (Å²) in [6.07, 6.45) is 5.94. The molecular formula is C13H20N2S. The van der Waals surface area contributed by atoms with E-state index in [0.29, 0.717) is 0 Å². The molecule has 1 heterocycles. The Kier molecular flexibility index (Phi) is 2.66. The lowest BCUT2D eigenvalue weighted by Crippen LogP contribution is -2.19. The molecule has 3 unspecified atom stereocenters. The van der Waals surface area contributed by atoms with Crippen LogP contribution in [0.3, 0.4) is 0 Å². The molecule has 0 aliphatic heterocycles. The highest BCUT2D eigenvalue weighted by Gasteiger charge is 2.39. The molecule has 3 rings (SSSR count). The lowest BCUT2D eigenvalue weighted by atomic mass is 9.89. The maximum absolute atomic E-state index is 4.54. The summed E-state index contributed by atoms with van der Waals surface area (Å²) in [5.41, 5.74) is 1.18. The molecule has 2 nitrogen and oxygen atoms in total. The fourth-order valence-electron chi connectivity index (χ4n) is 3.39. The molecule has 1 N–H and O–H groups in total. The van der Waals surface area contributed by atoms with Gasteiger partial charge in [0.05, 0.1) is 5.69 Å². The predicted molar refractivity (Wildman–Crippen MR) is 69.0 cm³/mol. The number of aromatic nitrogens is 1. The van der Waals surface area contributed by atoms with Gasteiger partial charge in [0.2, 0.25) is 0 Å². The van der Waals surface area contributed by atoms with E-state index in [1.54, 1.807) is 11.3 Å². The van der Waals surface area contributed by atoms with Crippen LogP contribution in [0.2, 0.25) is 0 Å². The molecule has 0 spiro atoms. The quantitative estimate of drug-likeness (QED) is 0.867. The molecule has 88 valence electrons. The Balaban J connectivity index is 1.57. The maximum atomic E-state index is 4.54. The lowest BCUT2D eigenvalue weighted by Gasteiger charge is -2.21. The molecule has 0 amide bonds. The zero-order valence-corrected chi connectivity index (χ0v) is 10.9. The Morgan fingerprint density at radius 3 is 2.75 bits per heavy atom. The summed E-state index contributed by atoms with van der Waals surface area (Å²) >= 11 is 1.80. The van der Waals surface area contributed by atoms with E-state index < -0.39 is 0 Å². The summed E-state index contributed by atoms with van der Waals surface area (Å²) in [4.78, 5) is 5.88. The highest BCUT2D eigenvalue weighted by Crippen LogP contribution is 2.48. The van der Waals surface area contributed by atoms with Crippen molar-refractivity contribution in [2.45, 2.75) is 39.5 Å². The van der Waals surface area contributed by atoms with E-state index >= 15 is 0 Å². The number of anilines is 1. The van der Waals surface area contributed by atoms with Gasteiger partial charge in [-0.3, -0.25) is 0 Å². The first kappa shape index (κ1) is 10.6. The molecule has 2 aliphatic rings. The third kappa shape index (κ3) is 1.86. The Bertz CT molecular complexity index is 366. The number of hydrogen-bond acceptors (Lipinski definition) is 3. The van der Waals surface area contributed by atoms with Crippen LogP contribution in [0, 0.1) is 31.6 Å². The Morgan fingerprint density at radius 1 is 1.31 bits per heavy atom. The molecular weight excluding hydrogens is 216 g/mol. The number of rotatable bonds is 3. The highest BCUT2D eigenvalue weighted by atomic mass is 32.1. The second-order valence-electron chi connectivity index (χ2n) is 5.48. The molecule has 2 fully saturated rings. The summed E-state index contributed by atoms with van der Waals surface area (Å²) in [6, 6.07) is 0. The normalized spacial score (nSPS) is 32.2. The molecule has 2 aliphatic carbocycles. The van der Waals surface area contributed by atoms with Crippen molar-refractivity contribution in [3.8, 4) is 0 Å². The van der Waals surface area contributed by atoms with Crippen LogP contribution in [0.25, 0.3) is 0 Å². The van der Waals surface area contributed by atoms with Gasteiger partial charge >= 0.3 is 0 Å². The van der Waals surface area contributed by atoms with E-state index in [1.165, 1.54) is 36.3 Å². The molecule has 3 heteroatoms. The Hall–Kier alpha value is -0.570. The number of hydrogen-bond donors (Lipinski definition) is 1. The van der Waals surface area contributed by atoms with Gasteiger partial charge in [0.15, 0.2) is 5.13 Å². The van der Waals surface area contributed by atoms with Crippen LogP contribution in [0.4, 0.5) is 5.13 Å². The number of nitrogens with one attached hydrogen (secondary N) is 1. The molecule has 16 heavy (non-hydrogen) atoms. The molecule has 0 aromatic carbocycles. The third-order valence-electron chi connectivity index (χ3n) is 4.43. The van der Waals surface area contributed by atoms with E-state index in [0.717, 1.165) is 29.4 Å². The van der Waals surface area contributed by atoms with Crippen molar-refractivity contribution < 1.29 is 0 Å². The van der Waals surface area contributed by atoms with Crippen LogP contribution in [0.5, 0.6) is 0 Å². The van der Waals surface area contributed by atoms with Crippen LogP contribution in [0.15, 0.2) is 0 Å². The molecule has 2 bridgehead atoms. The van der Waals surface area contributed by atoms with Crippen LogP contribution in [0.1, 0.15) is 36.3 Å². The van der Waals surface area contributed by atoms with Gasteiger partial charge in [0, 0.05) is 11.4 Å². The average Bonchev–Trinajstić information content (AvgIpc) is 2.92. The summed E-state index contributed by atoms with van der Waals surface area (Å²) in [6.45, 7) is 5.39. The zero-order chi connectivity index (χ0) is 11.1. The lowest BCUT2D eigenvalue weighted by molar-refractivity contribution is 0.348. The van der Waals surface area contributed by atoms with Gasteiger partial charge in [-0.25, -0.2) is 4.98 Å². The summed E-state index contributed by atoms with van der Waals surface area (Å²) in [7, 11) is 0. The molecule has 1 aromatic heterocycles. The van der Waals surface area contributed by atoms with E-state index in [9.17, 15) is 0 Å². The summed E-state index contributed by atoms with van der Waals surface area (Å²) in [5.74, 6) is 2.99. The van der Waals surface area contributed by atoms with Crippen LogP contribution in [-0.4, -0.2) is 11.5 Å². The van der Waals surface area contributed by atoms with Gasteiger partial charge < -0.3 is 5.32 Å². The fraction of sp³-hybridized carbons (Fsp3) is 0.769. The van der Waals surface area contributed by atoms with E-state index in [-0.39, 0.29) is 0 Å². The molecule has 3 atom stereocenters. The van der Waals surface area contributed by atoms with Crippen molar-refractivity contribution in [2.75, 3.05) is 11.9 Å². The monoisotopic (exact) mass is 236 g/mol. The van der Waals surface area contributed by atoms with E-state index in [4.69, 9.17) is 0 Å². The number of thiazole rings is 1. The van der Waals surface area contributed by atoms with Gasteiger partial charge in [-0.05, 0) is 50.9 Å². The van der Waals surface area contributed by atoms with Crippen molar-refractivity contribution in [2.24, 2.45) is 17.8 Å². The average molecular weight is 236 g/mol. The second-order valence-corrected chi connectivity index (χ2v) is 6.68. The summed E-state index contributed by atoms with van der Waals surface area (Å²) in [5, 5.41) is 4.66. The topological polar surface area (TPSA) is 24.9 Å². The van der Waals surface area contributed by atoms with Gasteiger partial charge in [-0.2, -0.15) is 0 Å². The number of aryl methyl sites for hydroxylation is 2. The van der Waals surface area contributed by atoms with Gasteiger partial charge in [-0.1, -0.05) is 6.42 Å². The minimum Gasteiger partial charge on any atom is -0.361 e. The van der Waals surface area contributed by atoms with Gasteiger partial charge in [0.25, 0.3) is 0 Å². The van der Waals surface area contributed by atoms with E-state index in [2.05, 4.69) is 24.1 Å². The van der Waals surface area contributed by atoms with Crippen molar-refractivity contribution >= 4 is 16.5 Å². The van der Waals surface area contributed by atoms with Crippen molar-refractivity contribution in [1.82, 2.24) is 4.98 Å². The SMILES string of the molecule is Cc1nc(NCC2CC3CCC2C3)sc1C. The van der Waals surface area contributed by atoms with Gasteiger partial charge in [0.1, 0.15) is 0 Å². The number of fused-ring (bicyclic) bond motifs is 2. The van der Waals surface area contributed by atoms with Gasteiger partial charge in [-0.15, -0.1) is 11.3 Å². The summed E-state index contributed by atoms with van der Waals surface area (Å²) < 4.78 is 0.